The van der Waals surface area contributed by atoms with Gasteiger partial charge in [-0.1, -0.05) is 79.7 Å². The number of amides is 1. The van der Waals surface area contributed by atoms with E-state index in [1.165, 1.54) is 12.8 Å². The molecule has 134 valence electrons. The zero-order chi connectivity index (χ0) is 18.1. The van der Waals surface area contributed by atoms with Crippen LogP contribution in [-0.2, 0) is 6.54 Å². The first kappa shape index (κ1) is 19.6. The van der Waals surface area contributed by atoms with Crippen LogP contribution in [0.4, 0.5) is 0 Å². The van der Waals surface area contributed by atoms with Crippen molar-refractivity contribution in [2.45, 2.75) is 39.2 Å². The number of nitrogens with one attached hydrogen (secondary N) is 1. The fourth-order valence-corrected chi connectivity index (χ4v) is 3.01. The lowest BCUT2D eigenvalue weighted by Crippen LogP contribution is -2.22. The van der Waals surface area contributed by atoms with Gasteiger partial charge < -0.3 is 10.1 Å². The molecule has 0 aromatic heterocycles. The Morgan fingerprint density at radius 3 is 2.36 bits per heavy atom. The van der Waals surface area contributed by atoms with Crippen LogP contribution in [0.15, 0.2) is 42.5 Å². The molecule has 0 aliphatic rings. The summed E-state index contributed by atoms with van der Waals surface area (Å²) in [5.74, 6) is 0.224. The summed E-state index contributed by atoms with van der Waals surface area (Å²) < 4.78 is 5.68. The van der Waals surface area contributed by atoms with Crippen LogP contribution >= 0.6 is 23.2 Å². The highest BCUT2D eigenvalue weighted by atomic mass is 35.5. The number of hydrogen-bond donors (Lipinski definition) is 1. The maximum absolute atomic E-state index is 12.3. The molecule has 1 N–H and O–H groups in total. The van der Waals surface area contributed by atoms with Crippen LogP contribution in [0.2, 0.25) is 10.0 Å². The second-order valence-electron chi connectivity index (χ2n) is 5.85. The fourth-order valence-electron chi connectivity index (χ4n) is 2.41. The van der Waals surface area contributed by atoms with E-state index in [-0.39, 0.29) is 5.91 Å². The molecule has 0 saturated carbocycles. The third-order valence-corrected chi connectivity index (χ3v) is 4.36. The van der Waals surface area contributed by atoms with Crippen molar-refractivity contribution in [1.82, 2.24) is 5.32 Å². The highest BCUT2D eigenvalue weighted by molar-refractivity contribution is 6.37. The first-order valence-corrected chi connectivity index (χ1v) is 9.31. The van der Waals surface area contributed by atoms with Crippen molar-refractivity contribution in [3.05, 3.63) is 63.6 Å². The van der Waals surface area contributed by atoms with Crippen LogP contribution in [0.3, 0.4) is 0 Å². The van der Waals surface area contributed by atoms with Gasteiger partial charge in [-0.05, 0) is 24.1 Å². The van der Waals surface area contributed by atoms with Crippen molar-refractivity contribution in [3.63, 3.8) is 0 Å². The molecule has 0 atom stereocenters. The topological polar surface area (TPSA) is 38.3 Å². The molecule has 2 rings (SSSR count). The molecule has 25 heavy (non-hydrogen) atoms. The molecule has 1 amide bonds. The maximum Gasteiger partial charge on any atom is 0.251 e. The van der Waals surface area contributed by atoms with Gasteiger partial charge >= 0.3 is 0 Å². The lowest BCUT2D eigenvalue weighted by atomic mass is 10.2. The molecule has 0 aliphatic carbocycles. The van der Waals surface area contributed by atoms with E-state index in [1.54, 1.807) is 12.1 Å². The molecular weight excluding hydrogens is 357 g/mol. The highest BCUT2D eigenvalue weighted by Crippen LogP contribution is 2.34. The minimum atomic E-state index is -0.220. The Bertz CT molecular complexity index is 666. The largest absolute Gasteiger partial charge is 0.490 e. The Morgan fingerprint density at radius 2 is 1.72 bits per heavy atom. The van der Waals surface area contributed by atoms with Crippen molar-refractivity contribution >= 4 is 29.1 Å². The number of unbranched alkanes of at least 4 members (excludes halogenated alkanes) is 3. The second kappa shape index (κ2) is 10.3. The molecule has 0 aliphatic heterocycles. The molecule has 0 fully saturated rings. The number of carbonyl (C=O) groups is 1. The smallest absolute Gasteiger partial charge is 0.251 e. The Morgan fingerprint density at radius 1 is 1.04 bits per heavy atom. The van der Waals surface area contributed by atoms with Crippen molar-refractivity contribution < 1.29 is 9.53 Å². The maximum atomic E-state index is 12.3. The second-order valence-corrected chi connectivity index (χ2v) is 6.66. The molecule has 0 unspecified atom stereocenters. The third-order valence-electron chi connectivity index (χ3n) is 3.80. The monoisotopic (exact) mass is 379 g/mol. The lowest BCUT2D eigenvalue weighted by molar-refractivity contribution is 0.0951. The Balaban J connectivity index is 1.94. The van der Waals surface area contributed by atoms with Crippen molar-refractivity contribution in [3.8, 4) is 5.75 Å². The summed E-state index contributed by atoms with van der Waals surface area (Å²) in [5.41, 5.74) is 1.45. The lowest BCUT2D eigenvalue weighted by Gasteiger charge is -2.12. The summed E-state index contributed by atoms with van der Waals surface area (Å²) in [6, 6.07) is 12.9. The standard InChI is InChI=1S/C20H23Cl2NO2/c1-2-3-4-8-11-25-19-17(21)12-16(13-18(19)22)20(24)23-14-15-9-6-5-7-10-15/h5-7,9-10,12-13H,2-4,8,11,14H2,1H3,(H,23,24). The van der Waals surface area contributed by atoms with Gasteiger partial charge in [-0.2, -0.15) is 0 Å². The van der Waals surface area contributed by atoms with E-state index in [0.717, 1.165) is 18.4 Å². The van der Waals surface area contributed by atoms with Crippen LogP contribution in [0.1, 0.15) is 48.5 Å². The predicted molar refractivity (Wildman–Crippen MR) is 104 cm³/mol. The average Bonchev–Trinajstić information content (AvgIpc) is 2.62. The van der Waals surface area contributed by atoms with Gasteiger partial charge in [-0.25, -0.2) is 0 Å². The predicted octanol–water partition coefficient (Wildman–Crippen LogP) is 5.88. The molecular formula is C20H23Cl2NO2. The average molecular weight is 380 g/mol. The number of hydrogen-bond acceptors (Lipinski definition) is 2. The summed E-state index contributed by atoms with van der Waals surface area (Å²) in [6.45, 7) is 3.18. The Labute approximate surface area is 159 Å². The SMILES string of the molecule is CCCCCCOc1c(Cl)cc(C(=O)NCc2ccccc2)cc1Cl. The van der Waals surface area contributed by atoms with Gasteiger partial charge in [0, 0.05) is 12.1 Å². The van der Waals surface area contributed by atoms with Crippen LogP contribution in [0.25, 0.3) is 0 Å². The zero-order valence-corrected chi connectivity index (χ0v) is 15.9. The van der Waals surface area contributed by atoms with Gasteiger partial charge in [0.2, 0.25) is 0 Å². The molecule has 5 heteroatoms. The number of rotatable bonds is 9. The van der Waals surface area contributed by atoms with Crippen LogP contribution in [0.5, 0.6) is 5.75 Å². The minimum Gasteiger partial charge on any atom is -0.490 e. The molecule has 0 radical (unpaired) electrons. The van der Waals surface area contributed by atoms with Gasteiger partial charge in [0.1, 0.15) is 0 Å². The molecule has 0 spiro atoms. The summed E-state index contributed by atoms with van der Waals surface area (Å²) in [7, 11) is 0. The van der Waals surface area contributed by atoms with Crippen molar-refractivity contribution in [2.24, 2.45) is 0 Å². The number of halogens is 2. The van der Waals surface area contributed by atoms with E-state index in [1.807, 2.05) is 30.3 Å². The Kier molecular flexibility index (Phi) is 8.10. The third kappa shape index (κ3) is 6.26. The molecule has 2 aromatic rings. The number of carbonyl (C=O) groups excluding carboxylic acids is 1. The van der Waals surface area contributed by atoms with Gasteiger partial charge in [0.05, 0.1) is 16.7 Å². The quantitative estimate of drug-likeness (QED) is 0.552. The Hall–Kier alpha value is -1.71. The van der Waals surface area contributed by atoms with E-state index in [2.05, 4.69) is 12.2 Å². The van der Waals surface area contributed by atoms with Crippen molar-refractivity contribution in [2.75, 3.05) is 6.61 Å². The summed E-state index contributed by atoms with van der Waals surface area (Å²) in [6.07, 6.45) is 4.44. The van der Waals surface area contributed by atoms with Gasteiger partial charge in [0.15, 0.2) is 5.75 Å². The van der Waals surface area contributed by atoms with Gasteiger partial charge in [-0.3, -0.25) is 4.79 Å². The highest BCUT2D eigenvalue weighted by Gasteiger charge is 2.14. The fraction of sp³-hybridized carbons (Fsp3) is 0.350. The number of benzene rings is 2. The summed E-state index contributed by atoms with van der Waals surface area (Å²) in [4.78, 5) is 12.3. The van der Waals surface area contributed by atoms with Gasteiger partial charge in [0.25, 0.3) is 5.91 Å². The summed E-state index contributed by atoms with van der Waals surface area (Å²) in [5, 5.41) is 3.57. The van der Waals surface area contributed by atoms with Crippen LogP contribution < -0.4 is 10.1 Å². The molecule has 0 saturated heterocycles. The first-order chi connectivity index (χ1) is 12.1. The number of ether oxygens (including phenoxy) is 1. The van der Waals surface area contributed by atoms with Crippen molar-refractivity contribution in [1.29, 1.82) is 0 Å². The minimum absolute atomic E-state index is 0.220. The van der Waals surface area contributed by atoms with E-state index in [9.17, 15) is 4.79 Å². The normalized spacial score (nSPS) is 10.5. The summed E-state index contributed by atoms with van der Waals surface area (Å²) >= 11 is 12.5. The van der Waals surface area contributed by atoms with E-state index >= 15 is 0 Å². The van der Waals surface area contributed by atoms with E-state index in [0.29, 0.717) is 34.5 Å². The molecule has 0 heterocycles. The molecule has 2 aromatic carbocycles. The molecule has 0 bridgehead atoms. The van der Waals surface area contributed by atoms with E-state index < -0.39 is 0 Å². The first-order valence-electron chi connectivity index (χ1n) is 8.55. The van der Waals surface area contributed by atoms with E-state index in [4.69, 9.17) is 27.9 Å². The van der Waals surface area contributed by atoms with Crippen LogP contribution in [-0.4, -0.2) is 12.5 Å². The molecule has 3 nitrogen and oxygen atoms in total. The zero-order valence-electron chi connectivity index (χ0n) is 14.4. The van der Waals surface area contributed by atoms with Crippen LogP contribution in [0, 0.1) is 0 Å². The van der Waals surface area contributed by atoms with Gasteiger partial charge in [-0.15, -0.1) is 0 Å².